The number of benzene rings is 3. The minimum absolute atomic E-state index is 0.246. The Morgan fingerprint density at radius 1 is 0.848 bits per heavy atom. The molecule has 1 N–H and O–H groups in total. The summed E-state index contributed by atoms with van der Waals surface area (Å²) in [6, 6.07) is 25.7. The van der Waals surface area contributed by atoms with Gasteiger partial charge >= 0.3 is 0 Å². The fourth-order valence-electron chi connectivity index (χ4n) is 3.17. The van der Waals surface area contributed by atoms with Crippen molar-refractivity contribution < 1.29 is 18.5 Å². The van der Waals surface area contributed by atoms with Crippen molar-refractivity contribution >= 4 is 11.6 Å². The van der Waals surface area contributed by atoms with Crippen molar-refractivity contribution in [2.24, 2.45) is 0 Å². The Bertz CT molecular complexity index is 1350. The fraction of sp³-hybridized carbons (Fsp3) is 0.0385. The van der Waals surface area contributed by atoms with Gasteiger partial charge in [-0.2, -0.15) is 4.98 Å². The maximum Gasteiger partial charge on any atom is 0.291 e. The number of carbonyl (C=O) groups excluding carboxylic acids is 1. The van der Waals surface area contributed by atoms with E-state index >= 15 is 0 Å². The Kier molecular flexibility index (Phi) is 5.43. The molecule has 33 heavy (non-hydrogen) atoms. The Labute approximate surface area is 189 Å². The molecule has 0 aliphatic carbocycles. The van der Waals surface area contributed by atoms with E-state index in [0.29, 0.717) is 17.4 Å². The van der Waals surface area contributed by atoms with Crippen LogP contribution in [0.2, 0.25) is 0 Å². The molecule has 0 saturated heterocycles. The van der Waals surface area contributed by atoms with Gasteiger partial charge in [-0.05, 0) is 79.7 Å². The van der Waals surface area contributed by atoms with Gasteiger partial charge in [0.05, 0.1) is 6.26 Å². The lowest BCUT2D eigenvalue weighted by Gasteiger charge is -2.06. The van der Waals surface area contributed by atoms with E-state index in [1.165, 1.54) is 11.8 Å². The van der Waals surface area contributed by atoms with E-state index in [4.69, 9.17) is 13.7 Å². The minimum atomic E-state index is -0.317. The second-order valence-electron chi connectivity index (χ2n) is 7.37. The maximum absolute atomic E-state index is 12.1. The van der Waals surface area contributed by atoms with Crippen LogP contribution in [0.5, 0.6) is 11.5 Å². The van der Waals surface area contributed by atoms with Gasteiger partial charge in [0.25, 0.3) is 11.8 Å². The average molecular weight is 437 g/mol. The van der Waals surface area contributed by atoms with Crippen molar-refractivity contribution in [1.82, 2.24) is 10.1 Å². The van der Waals surface area contributed by atoms with Crippen LogP contribution in [0.15, 0.2) is 100 Å². The van der Waals surface area contributed by atoms with Crippen LogP contribution in [-0.4, -0.2) is 16.0 Å². The molecule has 0 radical (unpaired) electrons. The standard InChI is InChI=1S/C26H19N3O4/c1-17-4-12-21(13-5-17)32-22-14-8-18(9-15-22)24-28-26(33-29-24)19-6-10-20(11-7-19)27-25(30)23-3-2-16-31-23/h2-16H,1H3,(H,27,30). The number of rotatable bonds is 6. The lowest BCUT2D eigenvalue weighted by Crippen LogP contribution is -2.10. The predicted octanol–water partition coefficient (Wildman–Crippen LogP) is 6.35. The SMILES string of the molecule is Cc1ccc(Oc2ccc(-c3noc(-c4ccc(NC(=O)c5ccco5)cc4)n3)cc2)cc1. The summed E-state index contributed by atoms with van der Waals surface area (Å²) in [7, 11) is 0. The number of anilines is 1. The first kappa shape index (κ1) is 20.3. The van der Waals surface area contributed by atoms with Crippen molar-refractivity contribution in [1.29, 1.82) is 0 Å². The topological polar surface area (TPSA) is 90.4 Å². The molecule has 162 valence electrons. The van der Waals surface area contributed by atoms with Gasteiger partial charge in [0, 0.05) is 16.8 Å². The number of nitrogens with zero attached hydrogens (tertiary/aromatic N) is 2. The van der Waals surface area contributed by atoms with Gasteiger partial charge in [-0.15, -0.1) is 0 Å². The highest BCUT2D eigenvalue weighted by Gasteiger charge is 2.12. The normalized spacial score (nSPS) is 10.7. The molecule has 0 unspecified atom stereocenters. The summed E-state index contributed by atoms with van der Waals surface area (Å²) in [6.07, 6.45) is 1.45. The molecule has 5 rings (SSSR count). The van der Waals surface area contributed by atoms with Crippen molar-refractivity contribution in [3.8, 4) is 34.3 Å². The van der Waals surface area contributed by atoms with Crippen LogP contribution < -0.4 is 10.1 Å². The zero-order valence-corrected chi connectivity index (χ0v) is 17.7. The highest BCUT2D eigenvalue weighted by Crippen LogP contribution is 2.27. The molecule has 0 saturated carbocycles. The van der Waals surface area contributed by atoms with Crippen LogP contribution in [-0.2, 0) is 0 Å². The molecule has 0 bridgehead atoms. The summed E-state index contributed by atoms with van der Waals surface area (Å²) < 4.78 is 16.4. The Morgan fingerprint density at radius 3 is 2.18 bits per heavy atom. The first-order chi connectivity index (χ1) is 16.1. The largest absolute Gasteiger partial charge is 0.459 e. The molecule has 0 fully saturated rings. The van der Waals surface area contributed by atoms with Crippen LogP contribution in [0, 0.1) is 6.92 Å². The van der Waals surface area contributed by atoms with E-state index in [-0.39, 0.29) is 11.7 Å². The fourth-order valence-corrected chi connectivity index (χ4v) is 3.17. The number of aryl methyl sites for hydroxylation is 1. The maximum atomic E-state index is 12.1. The summed E-state index contributed by atoms with van der Waals surface area (Å²) in [5, 5.41) is 6.85. The van der Waals surface area contributed by atoms with Gasteiger partial charge in [0.1, 0.15) is 11.5 Å². The van der Waals surface area contributed by atoms with Crippen molar-refractivity contribution in [2.75, 3.05) is 5.32 Å². The smallest absolute Gasteiger partial charge is 0.291 e. The van der Waals surface area contributed by atoms with Crippen molar-refractivity contribution in [3.05, 3.63) is 103 Å². The average Bonchev–Trinajstić information content (AvgIpc) is 3.55. The number of hydrogen-bond donors (Lipinski definition) is 1. The molecular weight excluding hydrogens is 418 g/mol. The Hall–Kier alpha value is -4.65. The van der Waals surface area contributed by atoms with E-state index in [1.54, 1.807) is 36.4 Å². The molecule has 0 aliphatic rings. The predicted molar refractivity (Wildman–Crippen MR) is 123 cm³/mol. The van der Waals surface area contributed by atoms with Crippen LogP contribution in [0.4, 0.5) is 5.69 Å². The molecule has 5 aromatic rings. The van der Waals surface area contributed by atoms with E-state index in [0.717, 1.165) is 22.6 Å². The molecule has 7 nitrogen and oxygen atoms in total. The second kappa shape index (κ2) is 8.84. The van der Waals surface area contributed by atoms with Crippen LogP contribution in [0.25, 0.3) is 22.8 Å². The molecule has 2 aromatic heterocycles. The quantitative estimate of drug-likeness (QED) is 0.333. The van der Waals surface area contributed by atoms with Gasteiger partial charge in [-0.3, -0.25) is 4.79 Å². The summed E-state index contributed by atoms with van der Waals surface area (Å²) in [5.74, 6) is 2.28. The molecule has 1 amide bonds. The summed E-state index contributed by atoms with van der Waals surface area (Å²) in [6.45, 7) is 2.03. The van der Waals surface area contributed by atoms with Crippen molar-refractivity contribution in [2.45, 2.75) is 6.92 Å². The van der Waals surface area contributed by atoms with Crippen molar-refractivity contribution in [3.63, 3.8) is 0 Å². The van der Waals surface area contributed by atoms with Gasteiger partial charge in [-0.1, -0.05) is 22.9 Å². The highest BCUT2D eigenvalue weighted by molar-refractivity contribution is 6.02. The molecular formula is C26H19N3O4. The number of carbonyl (C=O) groups is 1. The number of ether oxygens (including phenoxy) is 1. The minimum Gasteiger partial charge on any atom is -0.459 e. The molecule has 3 aromatic carbocycles. The number of amides is 1. The third-order valence-corrected chi connectivity index (χ3v) is 4.93. The van der Waals surface area contributed by atoms with Crippen LogP contribution in [0.1, 0.15) is 16.1 Å². The zero-order chi connectivity index (χ0) is 22.6. The van der Waals surface area contributed by atoms with Crippen LogP contribution in [0.3, 0.4) is 0 Å². The number of hydrogen-bond acceptors (Lipinski definition) is 6. The Morgan fingerprint density at radius 2 is 1.52 bits per heavy atom. The van der Waals surface area contributed by atoms with E-state index in [1.807, 2.05) is 55.5 Å². The van der Waals surface area contributed by atoms with E-state index < -0.39 is 0 Å². The second-order valence-corrected chi connectivity index (χ2v) is 7.37. The monoisotopic (exact) mass is 437 g/mol. The number of furan rings is 1. The Balaban J connectivity index is 1.26. The summed E-state index contributed by atoms with van der Waals surface area (Å²) in [4.78, 5) is 16.6. The summed E-state index contributed by atoms with van der Waals surface area (Å²) in [5.41, 5.74) is 3.36. The molecule has 0 aliphatic heterocycles. The zero-order valence-electron chi connectivity index (χ0n) is 17.7. The lowest BCUT2D eigenvalue weighted by molar-refractivity contribution is 0.0996. The molecule has 0 atom stereocenters. The number of nitrogens with one attached hydrogen (secondary N) is 1. The third-order valence-electron chi connectivity index (χ3n) is 4.93. The first-order valence-electron chi connectivity index (χ1n) is 10.3. The van der Waals surface area contributed by atoms with Gasteiger partial charge in [0.2, 0.25) is 5.82 Å². The number of aromatic nitrogens is 2. The third kappa shape index (κ3) is 4.67. The van der Waals surface area contributed by atoms with E-state index in [9.17, 15) is 4.79 Å². The highest BCUT2D eigenvalue weighted by atomic mass is 16.5. The van der Waals surface area contributed by atoms with Crippen LogP contribution >= 0.6 is 0 Å². The summed E-state index contributed by atoms with van der Waals surface area (Å²) >= 11 is 0. The van der Waals surface area contributed by atoms with E-state index in [2.05, 4.69) is 15.5 Å². The lowest BCUT2D eigenvalue weighted by atomic mass is 10.2. The molecule has 0 spiro atoms. The van der Waals surface area contributed by atoms with Gasteiger partial charge in [0.15, 0.2) is 5.76 Å². The molecule has 2 heterocycles. The van der Waals surface area contributed by atoms with Gasteiger partial charge < -0.3 is 19.0 Å². The molecule has 7 heteroatoms. The first-order valence-corrected chi connectivity index (χ1v) is 10.3. The van der Waals surface area contributed by atoms with Gasteiger partial charge in [-0.25, -0.2) is 0 Å².